The van der Waals surface area contributed by atoms with E-state index in [-0.39, 0.29) is 17.0 Å². The predicted octanol–water partition coefficient (Wildman–Crippen LogP) is 5.61. The molecule has 3 aromatic rings. The second-order valence-electron chi connectivity index (χ2n) is 7.39. The molecule has 3 heterocycles. The Bertz CT molecular complexity index is 1060. The van der Waals surface area contributed by atoms with Gasteiger partial charge < -0.3 is 9.32 Å². The van der Waals surface area contributed by atoms with Gasteiger partial charge >= 0.3 is 0 Å². The van der Waals surface area contributed by atoms with Gasteiger partial charge in [-0.15, -0.1) is 15.3 Å². The minimum absolute atomic E-state index is 0.0397. The van der Waals surface area contributed by atoms with E-state index in [0.29, 0.717) is 28.1 Å². The van der Waals surface area contributed by atoms with Crippen molar-refractivity contribution in [1.82, 2.24) is 20.4 Å². The van der Waals surface area contributed by atoms with E-state index in [0.717, 1.165) is 30.8 Å². The number of hydrogen-bond donors (Lipinski definition) is 0. The number of aryl methyl sites for hydroxylation is 1. The first-order chi connectivity index (χ1) is 13.9. The number of anilines is 1. The third kappa shape index (κ3) is 3.69. The van der Waals surface area contributed by atoms with Crippen molar-refractivity contribution in [3.05, 3.63) is 51.2 Å². The van der Waals surface area contributed by atoms with Crippen LogP contribution in [0.3, 0.4) is 0 Å². The summed E-state index contributed by atoms with van der Waals surface area (Å²) in [5.74, 6) is 0.499. The highest BCUT2D eigenvalue weighted by Gasteiger charge is 2.28. The molecule has 9 heteroatoms. The highest BCUT2D eigenvalue weighted by Crippen LogP contribution is 2.40. The van der Waals surface area contributed by atoms with Crippen molar-refractivity contribution in [3.63, 3.8) is 0 Å². The van der Waals surface area contributed by atoms with Crippen LogP contribution in [0.5, 0.6) is 0 Å². The molecule has 0 fully saturated rings. The fourth-order valence-corrected chi connectivity index (χ4v) is 4.22. The smallest absolute Gasteiger partial charge is 0.268 e. The molecule has 1 atom stereocenters. The van der Waals surface area contributed by atoms with Crippen LogP contribution in [0, 0.1) is 5.82 Å². The van der Waals surface area contributed by atoms with Crippen LogP contribution in [-0.2, 0) is 6.42 Å². The molecule has 1 aromatic carbocycles. The summed E-state index contributed by atoms with van der Waals surface area (Å²) < 4.78 is 19.8. The molecule has 29 heavy (non-hydrogen) atoms. The third-order valence-electron chi connectivity index (χ3n) is 5.09. The lowest BCUT2D eigenvalue weighted by molar-refractivity contribution is 0.479. The molecular weight excluding hydrogens is 416 g/mol. The zero-order chi connectivity index (χ0) is 20.7. The van der Waals surface area contributed by atoms with Crippen LogP contribution >= 0.6 is 23.2 Å². The second kappa shape index (κ2) is 7.88. The first kappa shape index (κ1) is 20.0. The van der Waals surface area contributed by atoms with Crippen molar-refractivity contribution >= 4 is 28.9 Å². The van der Waals surface area contributed by atoms with E-state index in [4.69, 9.17) is 27.6 Å². The Morgan fingerprint density at radius 2 is 1.90 bits per heavy atom. The molecule has 0 amide bonds. The molecule has 0 bridgehead atoms. The SMILES string of the molecule is CC(C)c1nnc(-c2cc3c(nn2)CCCN3[C@H](C)c2c(Cl)ccc(F)c2Cl)o1. The topological polar surface area (TPSA) is 67.9 Å². The van der Waals surface area contributed by atoms with Crippen LogP contribution in [-0.4, -0.2) is 26.9 Å². The van der Waals surface area contributed by atoms with E-state index in [1.807, 2.05) is 26.8 Å². The summed E-state index contributed by atoms with van der Waals surface area (Å²) in [5.41, 5.74) is 2.80. The van der Waals surface area contributed by atoms with Crippen molar-refractivity contribution in [2.75, 3.05) is 11.4 Å². The number of hydrogen-bond acceptors (Lipinski definition) is 6. The molecule has 0 unspecified atom stereocenters. The van der Waals surface area contributed by atoms with Gasteiger partial charge in [0.1, 0.15) is 5.82 Å². The normalized spacial score (nSPS) is 14.9. The Morgan fingerprint density at radius 3 is 2.62 bits per heavy atom. The van der Waals surface area contributed by atoms with E-state index in [9.17, 15) is 4.39 Å². The minimum atomic E-state index is -0.490. The molecule has 0 radical (unpaired) electrons. The van der Waals surface area contributed by atoms with Gasteiger partial charge in [-0.25, -0.2) is 4.39 Å². The third-order valence-corrected chi connectivity index (χ3v) is 5.80. The Hall–Kier alpha value is -2.25. The Labute approximate surface area is 178 Å². The first-order valence-electron chi connectivity index (χ1n) is 9.47. The van der Waals surface area contributed by atoms with Gasteiger partial charge in [0.15, 0.2) is 5.69 Å². The van der Waals surface area contributed by atoms with Gasteiger partial charge in [0.05, 0.1) is 22.4 Å². The highest BCUT2D eigenvalue weighted by molar-refractivity contribution is 6.36. The Morgan fingerprint density at radius 1 is 1.10 bits per heavy atom. The summed E-state index contributed by atoms with van der Waals surface area (Å²) in [7, 11) is 0. The van der Waals surface area contributed by atoms with Gasteiger partial charge in [0.2, 0.25) is 5.89 Å². The zero-order valence-corrected chi connectivity index (χ0v) is 17.8. The molecule has 1 aliphatic heterocycles. The fourth-order valence-electron chi connectivity index (χ4n) is 3.53. The quantitative estimate of drug-likeness (QED) is 0.496. The average molecular weight is 436 g/mol. The summed E-state index contributed by atoms with van der Waals surface area (Å²) in [5, 5.41) is 17.3. The minimum Gasteiger partial charge on any atom is -0.419 e. The van der Waals surface area contributed by atoms with Crippen LogP contribution in [0.25, 0.3) is 11.6 Å². The fraction of sp³-hybridized carbons (Fsp3) is 0.400. The van der Waals surface area contributed by atoms with Crippen LogP contribution in [0.4, 0.5) is 10.1 Å². The summed E-state index contributed by atoms with van der Waals surface area (Å²) >= 11 is 12.6. The molecule has 2 aromatic heterocycles. The largest absolute Gasteiger partial charge is 0.419 e. The van der Waals surface area contributed by atoms with Crippen LogP contribution in [0.15, 0.2) is 22.6 Å². The average Bonchev–Trinajstić information content (AvgIpc) is 3.21. The standard InChI is InChI=1S/C20H20Cl2FN5O/c1-10(2)19-26-27-20(29-19)15-9-16-14(24-25-15)5-4-8-28(16)11(3)17-12(21)6-7-13(23)18(17)22/h6-7,9-11H,4-5,8H2,1-3H3/t11-/m1/s1. The van der Waals surface area contributed by atoms with E-state index in [1.165, 1.54) is 12.1 Å². The van der Waals surface area contributed by atoms with Crippen LogP contribution in [0.2, 0.25) is 10.0 Å². The number of rotatable bonds is 4. The number of fused-ring (bicyclic) bond motifs is 1. The van der Waals surface area contributed by atoms with E-state index in [2.05, 4.69) is 25.3 Å². The van der Waals surface area contributed by atoms with Gasteiger partial charge in [-0.2, -0.15) is 5.10 Å². The Balaban J connectivity index is 1.75. The second-order valence-corrected chi connectivity index (χ2v) is 8.18. The molecule has 0 saturated carbocycles. The molecule has 4 rings (SSSR count). The molecule has 1 aliphatic rings. The van der Waals surface area contributed by atoms with E-state index in [1.54, 1.807) is 0 Å². The van der Waals surface area contributed by atoms with Gasteiger partial charge in [-0.05, 0) is 38.0 Å². The molecular formula is C20H20Cl2FN5O. The number of aromatic nitrogens is 4. The lowest BCUT2D eigenvalue weighted by Crippen LogP contribution is -2.33. The maximum Gasteiger partial charge on any atom is 0.268 e. The number of halogens is 3. The van der Waals surface area contributed by atoms with Crippen molar-refractivity contribution in [2.45, 2.75) is 45.6 Å². The van der Waals surface area contributed by atoms with Gasteiger partial charge in [-0.1, -0.05) is 37.0 Å². The zero-order valence-electron chi connectivity index (χ0n) is 16.3. The maximum atomic E-state index is 14.1. The molecule has 0 spiro atoms. The predicted molar refractivity (Wildman–Crippen MR) is 110 cm³/mol. The first-order valence-corrected chi connectivity index (χ1v) is 10.2. The summed E-state index contributed by atoms with van der Waals surface area (Å²) in [6, 6.07) is 4.44. The number of benzene rings is 1. The van der Waals surface area contributed by atoms with Gasteiger partial charge in [0, 0.05) is 23.0 Å². The lowest BCUT2D eigenvalue weighted by Gasteiger charge is -2.36. The molecule has 6 nitrogen and oxygen atoms in total. The Kier molecular flexibility index (Phi) is 5.44. The summed E-state index contributed by atoms with van der Waals surface area (Å²) in [4.78, 5) is 2.11. The summed E-state index contributed by atoms with van der Waals surface area (Å²) in [6.45, 7) is 6.66. The van der Waals surface area contributed by atoms with Gasteiger partial charge in [-0.3, -0.25) is 0 Å². The molecule has 0 N–H and O–H groups in total. The summed E-state index contributed by atoms with van der Waals surface area (Å²) in [6.07, 6.45) is 1.70. The van der Waals surface area contributed by atoms with Crippen LogP contribution in [0.1, 0.15) is 56.3 Å². The van der Waals surface area contributed by atoms with Gasteiger partial charge in [0.25, 0.3) is 5.89 Å². The van der Waals surface area contributed by atoms with Crippen molar-refractivity contribution in [1.29, 1.82) is 0 Å². The molecule has 152 valence electrons. The lowest BCUT2D eigenvalue weighted by atomic mass is 10.0. The van der Waals surface area contributed by atoms with Crippen molar-refractivity contribution in [2.24, 2.45) is 0 Å². The maximum absolute atomic E-state index is 14.1. The number of nitrogens with zero attached hydrogens (tertiary/aromatic N) is 5. The monoisotopic (exact) mass is 435 g/mol. The highest BCUT2D eigenvalue weighted by atomic mass is 35.5. The van der Waals surface area contributed by atoms with Crippen LogP contribution < -0.4 is 4.90 Å². The molecule has 0 saturated heterocycles. The van der Waals surface area contributed by atoms with E-state index >= 15 is 0 Å². The van der Waals surface area contributed by atoms with Crippen molar-refractivity contribution < 1.29 is 8.81 Å². The molecule has 0 aliphatic carbocycles. The van der Waals surface area contributed by atoms with Crippen molar-refractivity contribution in [3.8, 4) is 11.6 Å². The van der Waals surface area contributed by atoms with E-state index < -0.39 is 5.82 Å².